The molecule has 0 heterocycles. The summed E-state index contributed by atoms with van der Waals surface area (Å²) in [5.74, 6) is 0.00167. The van der Waals surface area contributed by atoms with Gasteiger partial charge in [0.1, 0.15) is 5.60 Å². The van der Waals surface area contributed by atoms with Gasteiger partial charge in [-0.1, -0.05) is 24.3 Å². The summed E-state index contributed by atoms with van der Waals surface area (Å²) in [7, 11) is 0. The van der Waals surface area contributed by atoms with E-state index in [1.165, 1.54) is 0 Å². The topological polar surface area (TPSA) is 37.3 Å². The van der Waals surface area contributed by atoms with Crippen LogP contribution in [-0.2, 0) is 0 Å². The molecule has 2 aliphatic carbocycles. The summed E-state index contributed by atoms with van der Waals surface area (Å²) in [6.45, 7) is 0. The van der Waals surface area contributed by atoms with E-state index in [0.717, 1.165) is 24.0 Å². The molecule has 1 aromatic rings. The highest BCUT2D eigenvalue weighted by Gasteiger charge is 2.54. The van der Waals surface area contributed by atoms with Crippen LogP contribution in [0.4, 0.5) is 0 Å². The van der Waals surface area contributed by atoms with Gasteiger partial charge in [-0.25, -0.2) is 0 Å². The molecule has 72 valence electrons. The number of benzene rings is 1. The van der Waals surface area contributed by atoms with Crippen molar-refractivity contribution in [1.82, 2.24) is 0 Å². The van der Waals surface area contributed by atoms with Crippen LogP contribution in [0.3, 0.4) is 0 Å². The van der Waals surface area contributed by atoms with Crippen LogP contribution in [0.5, 0.6) is 0 Å². The van der Waals surface area contributed by atoms with Crippen molar-refractivity contribution in [3.63, 3.8) is 0 Å². The fourth-order valence-electron chi connectivity index (χ4n) is 2.91. The van der Waals surface area contributed by atoms with E-state index in [1.807, 2.05) is 24.3 Å². The van der Waals surface area contributed by atoms with Crippen molar-refractivity contribution in [3.05, 3.63) is 35.4 Å². The Kier molecular flexibility index (Phi) is 1.43. The molecule has 1 aromatic carbocycles. The van der Waals surface area contributed by atoms with E-state index in [9.17, 15) is 9.90 Å². The average Bonchev–Trinajstić information content (AvgIpc) is 2.67. The van der Waals surface area contributed by atoms with Crippen LogP contribution < -0.4 is 0 Å². The number of carbonyl (C=O) groups excluding carboxylic acids is 1. The summed E-state index contributed by atoms with van der Waals surface area (Å²) in [5.41, 5.74) is 0.723. The molecule has 0 aliphatic heterocycles. The van der Waals surface area contributed by atoms with Crippen LogP contribution in [0.1, 0.15) is 41.1 Å². The number of ketones is 1. The maximum Gasteiger partial charge on any atom is 0.195 e. The predicted octanol–water partition coefficient (Wildman–Crippen LogP) is 1.88. The molecule has 2 heteroatoms. The smallest absolute Gasteiger partial charge is 0.195 e. The third-order valence-corrected chi connectivity index (χ3v) is 3.60. The largest absolute Gasteiger partial charge is 0.381 e. The number of rotatable bonds is 0. The van der Waals surface area contributed by atoms with Gasteiger partial charge in [0, 0.05) is 11.5 Å². The van der Waals surface area contributed by atoms with E-state index in [0.29, 0.717) is 6.42 Å². The number of Topliss-reactive ketones (excluding diaryl/α,β-unsaturated/α-hetero) is 1. The van der Waals surface area contributed by atoms with Gasteiger partial charge in [0.05, 0.1) is 0 Å². The Bertz CT molecular complexity index is 411. The van der Waals surface area contributed by atoms with E-state index in [2.05, 4.69) is 0 Å². The summed E-state index contributed by atoms with van der Waals surface area (Å²) in [4.78, 5) is 11.9. The Hall–Kier alpha value is -1.15. The fraction of sp³-hybridized carbons (Fsp3) is 0.417. The van der Waals surface area contributed by atoms with E-state index in [-0.39, 0.29) is 11.7 Å². The minimum atomic E-state index is -1.07. The van der Waals surface area contributed by atoms with Gasteiger partial charge in [-0.15, -0.1) is 0 Å². The van der Waals surface area contributed by atoms with Crippen molar-refractivity contribution in [2.45, 2.75) is 30.8 Å². The van der Waals surface area contributed by atoms with E-state index >= 15 is 0 Å². The monoisotopic (exact) mass is 188 g/mol. The molecule has 0 radical (unpaired) electrons. The van der Waals surface area contributed by atoms with E-state index < -0.39 is 5.60 Å². The van der Waals surface area contributed by atoms with Gasteiger partial charge in [-0.3, -0.25) is 4.79 Å². The van der Waals surface area contributed by atoms with Crippen molar-refractivity contribution in [1.29, 1.82) is 0 Å². The number of fused-ring (bicyclic) bond motifs is 3. The Morgan fingerprint density at radius 3 is 3.00 bits per heavy atom. The first-order valence-corrected chi connectivity index (χ1v) is 5.09. The van der Waals surface area contributed by atoms with Crippen molar-refractivity contribution in [3.8, 4) is 0 Å². The molecule has 2 aliphatic rings. The van der Waals surface area contributed by atoms with E-state index in [1.54, 1.807) is 0 Å². The molecule has 2 unspecified atom stereocenters. The van der Waals surface area contributed by atoms with Gasteiger partial charge in [0.15, 0.2) is 5.78 Å². The number of carbonyl (C=O) groups is 1. The molecule has 14 heavy (non-hydrogen) atoms. The van der Waals surface area contributed by atoms with Gasteiger partial charge >= 0.3 is 0 Å². The zero-order chi connectivity index (χ0) is 9.76. The molecule has 1 saturated carbocycles. The lowest BCUT2D eigenvalue weighted by Crippen LogP contribution is -2.34. The molecule has 2 atom stereocenters. The Labute approximate surface area is 82.6 Å². The van der Waals surface area contributed by atoms with Crippen LogP contribution in [-0.4, -0.2) is 16.5 Å². The van der Waals surface area contributed by atoms with Gasteiger partial charge in [0.25, 0.3) is 0 Å². The SMILES string of the molecule is O=C1c2ccccc2C2CCCC12O. The molecule has 0 bridgehead atoms. The highest BCUT2D eigenvalue weighted by Crippen LogP contribution is 2.50. The maximum atomic E-state index is 11.9. The highest BCUT2D eigenvalue weighted by atomic mass is 16.3. The minimum Gasteiger partial charge on any atom is -0.381 e. The summed E-state index contributed by atoms with van der Waals surface area (Å²) in [5, 5.41) is 10.3. The number of aliphatic hydroxyl groups is 1. The minimum absolute atomic E-state index is 0.0596. The van der Waals surface area contributed by atoms with Crippen molar-refractivity contribution in [2.75, 3.05) is 0 Å². The van der Waals surface area contributed by atoms with Gasteiger partial charge in [-0.2, -0.15) is 0 Å². The average molecular weight is 188 g/mol. The fourth-order valence-corrected chi connectivity index (χ4v) is 2.91. The van der Waals surface area contributed by atoms with Crippen molar-refractivity contribution >= 4 is 5.78 Å². The maximum absolute atomic E-state index is 11.9. The molecular weight excluding hydrogens is 176 g/mol. The van der Waals surface area contributed by atoms with Crippen LogP contribution >= 0.6 is 0 Å². The lowest BCUT2D eigenvalue weighted by molar-refractivity contribution is 0.0328. The summed E-state index contributed by atoms with van der Waals surface area (Å²) < 4.78 is 0. The van der Waals surface area contributed by atoms with E-state index in [4.69, 9.17) is 0 Å². The Balaban J connectivity index is 2.24. The lowest BCUT2D eigenvalue weighted by atomic mass is 9.91. The second-order valence-corrected chi connectivity index (χ2v) is 4.29. The number of hydrogen-bond acceptors (Lipinski definition) is 2. The molecule has 1 N–H and O–H groups in total. The highest BCUT2D eigenvalue weighted by molar-refractivity contribution is 6.08. The first kappa shape index (κ1) is 8.18. The van der Waals surface area contributed by atoms with Crippen LogP contribution in [0.2, 0.25) is 0 Å². The van der Waals surface area contributed by atoms with Gasteiger partial charge in [-0.05, 0) is 24.8 Å². The van der Waals surface area contributed by atoms with Crippen LogP contribution in [0, 0.1) is 0 Å². The standard InChI is InChI=1S/C12H12O2/c13-11-9-5-2-1-4-8(9)10-6-3-7-12(10,11)14/h1-2,4-5,10,14H,3,6-7H2. The molecule has 3 rings (SSSR count). The zero-order valence-corrected chi connectivity index (χ0v) is 7.86. The summed E-state index contributed by atoms with van der Waals surface area (Å²) >= 11 is 0. The van der Waals surface area contributed by atoms with Gasteiger partial charge in [0.2, 0.25) is 0 Å². The van der Waals surface area contributed by atoms with Crippen molar-refractivity contribution in [2.24, 2.45) is 0 Å². The molecule has 0 aromatic heterocycles. The Morgan fingerprint density at radius 1 is 1.36 bits per heavy atom. The quantitative estimate of drug-likeness (QED) is 0.675. The molecule has 2 nitrogen and oxygen atoms in total. The predicted molar refractivity (Wildman–Crippen MR) is 52.3 cm³/mol. The van der Waals surface area contributed by atoms with Crippen LogP contribution in [0.25, 0.3) is 0 Å². The van der Waals surface area contributed by atoms with Crippen LogP contribution in [0.15, 0.2) is 24.3 Å². The Morgan fingerprint density at radius 2 is 2.14 bits per heavy atom. The van der Waals surface area contributed by atoms with Gasteiger partial charge < -0.3 is 5.11 Å². The normalized spacial score (nSPS) is 34.4. The second kappa shape index (κ2) is 2.45. The number of hydrogen-bond donors (Lipinski definition) is 1. The first-order valence-electron chi connectivity index (χ1n) is 5.09. The first-order chi connectivity index (χ1) is 6.73. The summed E-state index contributed by atoms with van der Waals surface area (Å²) in [6.07, 6.45) is 2.53. The molecular formula is C12H12O2. The molecule has 1 fully saturated rings. The third-order valence-electron chi connectivity index (χ3n) is 3.60. The summed E-state index contributed by atoms with van der Waals surface area (Å²) in [6, 6.07) is 7.60. The van der Waals surface area contributed by atoms with Crippen molar-refractivity contribution < 1.29 is 9.90 Å². The lowest BCUT2D eigenvalue weighted by Gasteiger charge is -2.20. The second-order valence-electron chi connectivity index (χ2n) is 4.29. The molecule has 0 saturated heterocycles. The molecule has 0 amide bonds. The molecule has 0 spiro atoms. The third kappa shape index (κ3) is 0.775. The zero-order valence-electron chi connectivity index (χ0n) is 7.86.